The molecule has 2 heteroatoms. The molecule has 3 atom stereocenters. The van der Waals surface area contributed by atoms with Crippen LogP contribution in [0.5, 0.6) is 0 Å². The maximum Gasteiger partial charge on any atom is 0.0669 e. The van der Waals surface area contributed by atoms with E-state index in [1.54, 1.807) is 0 Å². The number of rotatable bonds is 0. The van der Waals surface area contributed by atoms with E-state index in [9.17, 15) is 0 Å². The van der Waals surface area contributed by atoms with Gasteiger partial charge in [0.2, 0.25) is 0 Å². The van der Waals surface area contributed by atoms with Crippen LogP contribution in [0.25, 0.3) is 0 Å². The number of fused-ring (bicyclic) bond motifs is 2. The average Bonchev–Trinajstić information content (AvgIpc) is 2.03. The van der Waals surface area contributed by atoms with E-state index in [1.807, 2.05) is 0 Å². The molecule has 0 aromatic carbocycles. The van der Waals surface area contributed by atoms with Gasteiger partial charge in [0.05, 0.1) is 12.0 Å². The first-order chi connectivity index (χ1) is 5.38. The predicted octanol–water partition coefficient (Wildman–Crippen LogP) is 1.24. The molecule has 11 heavy (non-hydrogen) atoms. The molecule has 0 aliphatic carbocycles. The quantitative estimate of drug-likeness (QED) is 0.519. The van der Waals surface area contributed by atoms with Crippen molar-refractivity contribution in [3.63, 3.8) is 0 Å². The van der Waals surface area contributed by atoms with Gasteiger partial charge in [-0.2, -0.15) is 5.26 Å². The largest absolute Gasteiger partial charge is 0.302 e. The molecule has 0 aromatic rings. The first kappa shape index (κ1) is 7.12. The fourth-order valence-electron chi connectivity index (χ4n) is 2.39. The summed E-state index contributed by atoms with van der Waals surface area (Å²) in [5.74, 6) is 1.16. The Hall–Kier alpha value is -0.550. The van der Waals surface area contributed by atoms with Gasteiger partial charge in [-0.1, -0.05) is 0 Å². The van der Waals surface area contributed by atoms with Crippen LogP contribution in [0.3, 0.4) is 0 Å². The Morgan fingerprint density at radius 3 is 3.00 bits per heavy atom. The maximum absolute atomic E-state index is 8.77. The Kier molecular flexibility index (Phi) is 1.83. The lowest BCUT2D eigenvalue weighted by molar-refractivity contribution is 0.101. The zero-order valence-electron chi connectivity index (χ0n) is 6.79. The molecule has 2 bridgehead atoms. The van der Waals surface area contributed by atoms with E-state index in [1.165, 1.54) is 25.9 Å². The summed E-state index contributed by atoms with van der Waals surface area (Å²) in [6.07, 6.45) is 3.87. The molecule has 3 unspecified atom stereocenters. The number of hydrogen-bond donors (Lipinski definition) is 0. The van der Waals surface area contributed by atoms with Crippen LogP contribution in [0.1, 0.15) is 19.3 Å². The van der Waals surface area contributed by atoms with Crippen LogP contribution in [0.2, 0.25) is 0 Å². The number of nitriles is 1. The highest BCUT2D eigenvalue weighted by atomic mass is 15.1. The summed E-state index contributed by atoms with van der Waals surface area (Å²) >= 11 is 0. The van der Waals surface area contributed by atoms with Crippen LogP contribution in [0.4, 0.5) is 0 Å². The van der Waals surface area contributed by atoms with E-state index in [2.05, 4.69) is 11.0 Å². The van der Waals surface area contributed by atoms with Crippen molar-refractivity contribution >= 4 is 0 Å². The van der Waals surface area contributed by atoms with Crippen molar-refractivity contribution < 1.29 is 0 Å². The third-order valence-electron chi connectivity index (χ3n) is 2.88. The smallest absolute Gasteiger partial charge is 0.0669 e. The monoisotopic (exact) mass is 150 g/mol. The average molecular weight is 150 g/mol. The fraction of sp³-hybridized carbons (Fsp3) is 0.889. The first-order valence-electron chi connectivity index (χ1n) is 4.50. The summed E-state index contributed by atoms with van der Waals surface area (Å²) < 4.78 is 0. The maximum atomic E-state index is 8.77. The molecule has 2 aliphatic rings. The summed E-state index contributed by atoms with van der Waals surface area (Å²) in [6, 6.07) is 2.39. The molecule has 2 saturated heterocycles. The molecule has 0 N–H and O–H groups in total. The normalized spacial score (nSPS) is 43.0. The van der Waals surface area contributed by atoms with E-state index >= 15 is 0 Å². The van der Waals surface area contributed by atoms with E-state index in [4.69, 9.17) is 5.26 Å². The number of hydrogen-bond acceptors (Lipinski definition) is 2. The topological polar surface area (TPSA) is 27.0 Å². The van der Waals surface area contributed by atoms with Gasteiger partial charge >= 0.3 is 0 Å². The van der Waals surface area contributed by atoms with E-state index in [-0.39, 0.29) is 0 Å². The second kappa shape index (κ2) is 2.83. The van der Waals surface area contributed by atoms with Crippen LogP contribution in [0, 0.1) is 23.2 Å². The zero-order valence-corrected chi connectivity index (χ0v) is 6.79. The Labute approximate surface area is 67.8 Å². The van der Waals surface area contributed by atoms with Crippen LogP contribution >= 0.6 is 0 Å². The molecule has 0 spiro atoms. The highest BCUT2D eigenvalue weighted by Crippen LogP contribution is 2.28. The molecule has 60 valence electrons. The minimum atomic E-state index is 0.328. The Morgan fingerprint density at radius 1 is 1.36 bits per heavy atom. The fourth-order valence-corrected chi connectivity index (χ4v) is 2.39. The number of nitrogens with zero attached hydrogens (tertiary/aromatic N) is 2. The van der Waals surface area contributed by atoms with Crippen LogP contribution in [-0.4, -0.2) is 24.5 Å². The molecule has 0 radical (unpaired) electrons. The zero-order chi connectivity index (χ0) is 7.68. The first-order valence-corrected chi connectivity index (χ1v) is 4.50. The molecule has 0 aromatic heterocycles. The molecule has 2 nitrogen and oxygen atoms in total. The van der Waals surface area contributed by atoms with E-state index < -0.39 is 0 Å². The SMILES string of the molecule is N#CC1CC2CCCN(C1)C2. The van der Waals surface area contributed by atoms with Gasteiger partial charge in [-0.25, -0.2) is 0 Å². The molecule has 2 rings (SSSR count). The van der Waals surface area contributed by atoms with Gasteiger partial charge in [0, 0.05) is 13.1 Å². The van der Waals surface area contributed by atoms with Crippen molar-refractivity contribution in [3.8, 4) is 6.07 Å². The van der Waals surface area contributed by atoms with Gasteiger partial charge < -0.3 is 4.90 Å². The Morgan fingerprint density at radius 2 is 2.27 bits per heavy atom. The van der Waals surface area contributed by atoms with Crippen molar-refractivity contribution in [2.75, 3.05) is 19.6 Å². The summed E-state index contributed by atoms with van der Waals surface area (Å²) in [6.45, 7) is 3.53. The van der Waals surface area contributed by atoms with Crippen molar-refractivity contribution in [1.82, 2.24) is 4.90 Å². The lowest BCUT2D eigenvalue weighted by atomic mass is 9.84. The van der Waals surface area contributed by atoms with Gasteiger partial charge in [-0.15, -0.1) is 0 Å². The minimum absolute atomic E-state index is 0.328. The lowest BCUT2D eigenvalue weighted by Gasteiger charge is -2.39. The summed E-state index contributed by atoms with van der Waals surface area (Å²) in [5, 5.41) is 8.77. The molecule has 2 aliphatic heterocycles. The highest BCUT2D eigenvalue weighted by molar-refractivity contribution is 4.93. The second-order valence-corrected chi connectivity index (χ2v) is 3.83. The van der Waals surface area contributed by atoms with Crippen molar-refractivity contribution in [3.05, 3.63) is 0 Å². The minimum Gasteiger partial charge on any atom is -0.302 e. The van der Waals surface area contributed by atoms with Crippen LogP contribution in [-0.2, 0) is 0 Å². The van der Waals surface area contributed by atoms with Crippen LogP contribution in [0.15, 0.2) is 0 Å². The van der Waals surface area contributed by atoms with Gasteiger partial charge in [0.1, 0.15) is 0 Å². The third-order valence-corrected chi connectivity index (χ3v) is 2.88. The predicted molar refractivity (Wildman–Crippen MR) is 42.9 cm³/mol. The molecular weight excluding hydrogens is 136 g/mol. The van der Waals surface area contributed by atoms with Crippen LogP contribution < -0.4 is 0 Å². The van der Waals surface area contributed by atoms with Crippen molar-refractivity contribution in [2.45, 2.75) is 19.3 Å². The summed E-state index contributed by atoms with van der Waals surface area (Å²) in [4.78, 5) is 2.45. The lowest BCUT2D eigenvalue weighted by Crippen LogP contribution is -2.43. The number of piperidine rings is 2. The molecule has 2 heterocycles. The molecule has 0 amide bonds. The molecule has 0 saturated carbocycles. The summed E-state index contributed by atoms with van der Waals surface area (Å²) in [7, 11) is 0. The van der Waals surface area contributed by atoms with Crippen molar-refractivity contribution in [1.29, 1.82) is 5.26 Å². The van der Waals surface area contributed by atoms with Crippen molar-refractivity contribution in [2.24, 2.45) is 11.8 Å². The van der Waals surface area contributed by atoms with E-state index in [0.29, 0.717) is 5.92 Å². The standard InChI is InChI=1S/C9H14N2/c10-5-9-4-8-2-1-3-11(6-8)7-9/h8-9H,1-4,6-7H2. The third kappa shape index (κ3) is 1.39. The second-order valence-electron chi connectivity index (χ2n) is 3.83. The van der Waals surface area contributed by atoms with Gasteiger partial charge in [0.25, 0.3) is 0 Å². The Balaban J connectivity index is 2.01. The Bertz CT molecular complexity index is 170. The molecular formula is C9H14N2. The summed E-state index contributed by atoms with van der Waals surface area (Å²) in [5.41, 5.74) is 0. The van der Waals surface area contributed by atoms with Gasteiger partial charge in [-0.3, -0.25) is 0 Å². The van der Waals surface area contributed by atoms with Gasteiger partial charge in [-0.05, 0) is 31.7 Å². The molecule has 2 fully saturated rings. The van der Waals surface area contributed by atoms with Gasteiger partial charge in [0.15, 0.2) is 0 Å². The highest BCUT2D eigenvalue weighted by Gasteiger charge is 2.29. The van der Waals surface area contributed by atoms with E-state index in [0.717, 1.165) is 18.9 Å².